The molecule has 11 nitrogen and oxygen atoms in total. The van der Waals surface area contributed by atoms with Crippen molar-refractivity contribution in [2.75, 3.05) is 27.3 Å². The van der Waals surface area contributed by atoms with Gasteiger partial charge in [0.05, 0.1) is 42.2 Å². The Balaban J connectivity index is 1.27. The van der Waals surface area contributed by atoms with Crippen LogP contribution in [0.25, 0.3) is 39.3 Å². The molecule has 6 rings (SSSR count). The van der Waals surface area contributed by atoms with E-state index >= 15 is 0 Å². The van der Waals surface area contributed by atoms with Crippen molar-refractivity contribution in [1.29, 1.82) is 0 Å². The second-order valence-electron chi connectivity index (χ2n) is 12.3. The summed E-state index contributed by atoms with van der Waals surface area (Å²) < 4.78 is 13.1. The molecule has 0 aliphatic carbocycles. The summed E-state index contributed by atoms with van der Waals surface area (Å²) in [6.45, 7) is 8.44. The summed E-state index contributed by atoms with van der Waals surface area (Å²) in [7, 11) is 3.22. The number of fused-ring (bicyclic) bond motifs is 1. The van der Waals surface area contributed by atoms with Gasteiger partial charge in [0.2, 0.25) is 11.8 Å². The Morgan fingerprint density at radius 3 is 2.45 bits per heavy atom. The number of aromatic nitrogens is 5. The maximum absolute atomic E-state index is 11.7. The molecule has 0 atom stereocenters. The molecule has 13 heteroatoms. The summed E-state index contributed by atoms with van der Waals surface area (Å²) in [5, 5.41) is 12.5. The van der Waals surface area contributed by atoms with Crippen molar-refractivity contribution in [3.05, 3.63) is 76.3 Å². The predicted octanol–water partition coefficient (Wildman–Crippen LogP) is 6.44. The quantitative estimate of drug-likeness (QED) is 0.160. The molecule has 49 heavy (non-hydrogen) atoms. The van der Waals surface area contributed by atoms with Crippen LogP contribution in [0.3, 0.4) is 0 Å². The molecule has 5 aromatic rings. The monoisotopic (exact) mass is 702 g/mol. The highest BCUT2D eigenvalue weighted by Crippen LogP contribution is 2.42. The van der Waals surface area contributed by atoms with Gasteiger partial charge < -0.3 is 25.0 Å². The lowest BCUT2D eigenvalue weighted by atomic mass is 9.99. The second kappa shape index (κ2) is 15.1. The van der Waals surface area contributed by atoms with Gasteiger partial charge in [-0.1, -0.05) is 61.3 Å². The van der Waals surface area contributed by atoms with Gasteiger partial charge in [0.15, 0.2) is 17.2 Å². The van der Waals surface area contributed by atoms with E-state index in [1.54, 1.807) is 31.9 Å². The number of nitrogens with zero attached hydrogens (tertiary/aromatic N) is 6. The molecule has 0 radical (unpaired) electrons. The molecule has 0 bridgehead atoms. The number of hydrogen-bond donors (Lipinski definition) is 2. The van der Waals surface area contributed by atoms with E-state index in [9.17, 15) is 4.79 Å². The number of methoxy groups -OCH3 is 2. The third-order valence-electron chi connectivity index (χ3n) is 8.71. The largest absolute Gasteiger partial charge is 0.493 e. The molecular weight excluding hydrogens is 663 g/mol. The number of carbonyl (C=O) groups is 1. The highest BCUT2D eigenvalue weighted by Gasteiger charge is 2.22. The van der Waals surface area contributed by atoms with Gasteiger partial charge in [-0.3, -0.25) is 9.78 Å². The number of rotatable bonds is 11. The highest BCUT2D eigenvalue weighted by molar-refractivity contribution is 6.39. The lowest BCUT2D eigenvalue weighted by molar-refractivity contribution is -0.129. The summed E-state index contributed by atoms with van der Waals surface area (Å²) >= 11 is 14.2. The molecular formula is C36H40Cl2N8O3. The molecule has 1 aromatic carbocycles. The number of halogens is 2. The van der Waals surface area contributed by atoms with Crippen LogP contribution in [-0.2, 0) is 17.9 Å². The molecule has 0 spiro atoms. The van der Waals surface area contributed by atoms with Crippen LogP contribution in [0.4, 0.5) is 0 Å². The average Bonchev–Trinajstić information content (AvgIpc) is 3.53. The van der Waals surface area contributed by atoms with Gasteiger partial charge in [-0.2, -0.15) is 0 Å². The number of pyridine rings is 3. The minimum absolute atomic E-state index is 0.129. The van der Waals surface area contributed by atoms with E-state index in [-0.39, 0.29) is 5.91 Å². The molecule has 1 fully saturated rings. The van der Waals surface area contributed by atoms with Crippen molar-refractivity contribution >= 4 is 34.8 Å². The molecule has 1 amide bonds. The predicted molar refractivity (Wildman–Crippen MR) is 192 cm³/mol. The SMILES string of the molecule is COc1nc(-c2cccc(-c3ccnc(-c4cc(OC)c5nc(CNC(C)C)nn5c4)c3Cl)c2Cl)ccc1CNC1CCN(C(C)=O)CC1. The van der Waals surface area contributed by atoms with Crippen LogP contribution in [0.2, 0.25) is 10.0 Å². The number of likely N-dealkylation sites (tertiary alicyclic amines) is 1. The first-order valence-electron chi connectivity index (χ1n) is 16.3. The van der Waals surface area contributed by atoms with Crippen LogP contribution < -0.4 is 20.1 Å². The van der Waals surface area contributed by atoms with Gasteiger partial charge in [-0.05, 0) is 31.0 Å². The second-order valence-corrected chi connectivity index (χ2v) is 13.1. The number of nitrogens with one attached hydrogen (secondary N) is 2. The van der Waals surface area contributed by atoms with Crippen LogP contribution in [0.15, 0.2) is 54.9 Å². The Bertz CT molecular complexity index is 1970. The Morgan fingerprint density at radius 1 is 0.980 bits per heavy atom. The lowest BCUT2D eigenvalue weighted by Gasteiger charge is -2.31. The number of benzene rings is 1. The fourth-order valence-corrected chi connectivity index (χ4v) is 6.67. The Hall–Kier alpha value is -4.29. The molecule has 1 aliphatic heterocycles. The average molecular weight is 704 g/mol. The standard InChI is InChI=1S/C36H40Cl2N8O3/c1-21(2)40-19-31-43-35-30(48-4)17-24(20-46(35)44-31)34-33(38)27(11-14-39-34)26-7-6-8-28(32(26)37)29-10-9-23(36(42-29)49-5)18-41-25-12-15-45(16-13-25)22(3)47/h6-11,14,17,20-21,25,40-41H,12-13,15-16,18-19H2,1-5H3. The van der Waals surface area contributed by atoms with E-state index < -0.39 is 0 Å². The summed E-state index contributed by atoms with van der Waals surface area (Å²) in [5.74, 6) is 1.86. The summed E-state index contributed by atoms with van der Waals surface area (Å²) in [5.41, 5.74) is 5.72. The van der Waals surface area contributed by atoms with Gasteiger partial charge in [0.1, 0.15) is 0 Å². The number of hydrogen-bond acceptors (Lipinski definition) is 9. The number of ether oxygens (including phenoxy) is 2. The fourth-order valence-electron chi connectivity index (χ4n) is 6.02. The van der Waals surface area contributed by atoms with E-state index in [0.717, 1.165) is 53.7 Å². The van der Waals surface area contributed by atoms with Gasteiger partial charge in [-0.25, -0.2) is 14.5 Å². The maximum atomic E-state index is 11.7. The van der Waals surface area contributed by atoms with Crippen molar-refractivity contribution in [2.24, 2.45) is 0 Å². The Kier molecular flexibility index (Phi) is 10.6. The Labute approximate surface area is 296 Å². The third-order valence-corrected chi connectivity index (χ3v) is 9.50. The van der Waals surface area contributed by atoms with Gasteiger partial charge in [0.25, 0.3) is 0 Å². The third kappa shape index (κ3) is 7.50. The number of amides is 1. The summed E-state index contributed by atoms with van der Waals surface area (Å²) in [4.78, 5) is 27.7. The molecule has 0 saturated carbocycles. The van der Waals surface area contributed by atoms with E-state index in [1.165, 1.54) is 0 Å². The van der Waals surface area contributed by atoms with E-state index in [4.69, 9.17) is 37.7 Å². The van der Waals surface area contributed by atoms with Crippen LogP contribution in [0.5, 0.6) is 11.6 Å². The zero-order valence-electron chi connectivity index (χ0n) is 28.3. The van der Waals surface area contributed by atoms with Gasteiger partial charge in [0, 0.05) is 78.9 Å². The molecule has 1 aliphatic rings. The number of carbonyl (C=O) groups excluding carboxylic acids is 1. The van der Waals surface area contributed by atoms with E-state index in [2.05, 4.69) is 39.5 Å². The van der Waals surface area contributed by atoms with Crippen molar-refractivity contribution in [3.63, 3.8) is 0 Å². The maximum Gasteiger partial charge on any atom is 0.219 e. The molecule has 256 valence electrons. The van der Waals surface area contributed by atoms with Crippen molar-refractivity contribution in [1.82, 2.24) is 40.1 Å². The minimum Gasteiger partial charge on any atom is -0.493 e. The zero-order chi connectivity index (χ0) is 34.7. The minimum atomic E-state index is 0.129. The zero-order valence-corrected chi connectivity index (χ0v) is 29.8. The number of piperidine rings is 1. The first kappa shape index (κ1) is 34.6. The van der Waals surface area contributed by atoms with Crippen molar-refractivity contribution < 1.29 is 14.3 Å². The van der Waals surface area contributed by atoms with Crippen LogP contribution in [-0.4, -0.2) is 74.8 Å². The van der Waals surface area contributed by atoms with E-state index in [0.29, 0.717) is 69.7 Å². The molecule has 5 heterocycles. The van der Waals surface area contributed by atoms with Crippen LogP contribution >= 0.6 is 23.2 Å². The smallest absolute Gasteiger partial charge is 0.219 e. The summed E-state index contributed by atoms with van der Waals surface area (Å²) in [6.07, 6.45) is 5.38. The summed E-state index contributed by atoms with van der Waals surface area (Å²) in [6, 6.07) is 14.1. The fraction of sp³-hybridized carbons (Fsp3) is 0.361. The lowest BCUT2D eigenvalue weighted by Crippen LogP contribution is -2.44. The van der Waals surface area contributed by atoms with Crippen molar-refractivity contribution in [3.8, 4) is 45.3 Å². The molecule has 2 N–H and O–H groups in total. The first-order chi connectivity index (χ1) is 23.7. The normalized spacial score (nSPS) is 13.8. The van der Waals surface area contributed by atoms with Crippen molar-refractivity contribution in [2.45, 2.75) is 58.8 Å². The van der Waals surface area contributed by atoms with Crippen LogP contribution in [0, 0.1) is 0 Å². The topological polar surface area (TPSA) is 119 Å². The highest BCUT2D eigenvalue weighted by atomic mass is 35.5. The Morgan fingerprint density at radius 2 is 1.73 bits per heavy atom. The van der Waals surface area contributed by atoms with Gasteiger partial charge >= 0.3 is 0 Å². The van der Waals surface area contributed by atoms with Gasteiger partial charge in [-0.15, -0.1) is 5.10 Å². The van der Waals surface area contributed by atoms with E-state index in [1.807, 2.05) is 53.6 Å². The van der Waals surface area contributed by atoms with Crippen LogP contribution in [0.1, 0.15) is 45.0 Å². The first-order valence-corrected chi connectivity index (χ1v) is 17.1. The molecule has 4 aromatic heterocycles. The molecule has 0 unspecified atom stereocenters. The molecule has 1 saturated heterocycles.